The van der Waals surface area contributed by atoms with E-state index < -0.39 is 0 Å². The molecule has 6 nitrogen and oxygen atoms in total. The molecule has 2 aromatic rings. The number of nitrogens with one attached hydrogen (secondary N) is 2. The van der Waals surface area contributed by atoms with Crippen molar-refractivity contribution in [1.29, 1.82) is 0 Å². The highest BCUT2D eigenvalue weighted by molar-refractivity contribution is 7.99. The van der Waals surface area contributed by atoms with E-state index in [9.17, 15) is 9.59 Å². The molecule has 130 valence electrons. The van der Waals surface area contributed by atoms with Crippen molar-refractivity contribution in [2.45, 2.75) is 31.4 Å². The van der Waals surface area contributed by atoms with Gasteiger partial charge in [-0.2, -0.15) is 0 Å². The summed E-state index contributed by atoms with van der Waals surface area (Å²) in [5, 5.41) is 3.62. The average Bonchev–Trinajstić information content (AvgIpc) is 3.12. The number of rotatable bonds is 8. The number of aryl methyl sites for hydroxylation is 2. The molecule has 1 aliphatic rings. The molecule has 0 aliphatic heterocycles. The van der Waals surface area contributed by atoms with Gasteiger partial charge in [-0.1, -0.05) is 0 Å². The maximum absolute atomic E-state index is 12.3. The summed E-state index contributed by atoms with van der Waals surface area (Å²) in [5.74, 6) is 1.52. The summed E-state index contributed by atoms with van der Waals surface area (Å²) < 4.78 is 4.93. The number of amides is 1. The number of nitrogens with zero attached hydrogens (tertiary/aromatic N) is 1. The molecular weight excluding hydrogens is 346 g/mol. The molecule has 0 saturated carbocycles. The van der Waals surface area contributed by atoms with Crippen LogP contribution in [-0.4, -0.2) is 41.9 Å². The topological polar surface area (TPSA) is 84.1 Å². The van der Waals surface area contributed by atoms with E-state index in [0.29, 0.717) is 30.5 Å². The van der Waals surface area contributed by atoms with Crippen LogP contribution in [0.15, 0.2) is 4.79 Å². The smallest absolute Gasteiger partial charge is 0.259 e. The normalized spacial score (nSPS) is 13.4. The second-order valence-corrected chi connectivity index (χ2v) is 7.81. The largest absolute Gasteiger partial charge is 0.385 e. The van der Waals surface area contributed by atoms with Crippen molar-refractivity contribution in [3.8, 4) is 0 Å². The summed E-state index contributed by atoms with van der Waals surface area (Å²) >= 11 is 3.09. The van der Waals surface area contributed by atoms with Gasteiger partial charge >= 0.3 is 0 Å². The maximum atomic E-state index is 12.3. The first kappa shape index (κ1) is 17.4. The number of aromatic nitrogens is 2. The van der Waals surface area contributed by atoms with E-state index in [2.05, 4.69) is 15.3 Å². The number of hydrogen-bond acceptors (Lipinski definition) is 6. The van der Waals surface area contributed by atoms with Crippen LogP contribution >= 0.6 is 23.1 Å². The summed E-state index contributed by atoms with van der Waals surface area (Å²) in [7, 11) is 1.64. The lowest BCUT2D eigenvalue weighted by Crippen LogP contribution is -2.27. The molecule has 0 aromatic carbocycles. The minimum Gasteiger partial charge on any atom is -0.385 e. The third kappa shape index (κ3) is 3.99. The molecule has 0 unspecified atom stereocenters. The number of carbonyl (C=O) groups excluding carboxylic acids is 1. The van der Waals surface area contributed by atoms with Gasteiger partial charge in [0, 0.05) is 25.1 Å². The van der Waals surface area contributed by atoms with Crippen molar-refractivity contribution in [3.63, 3.8) is 0 Å². The SMILES string of the molecule is COCCCNC(=O)CSCc1nc2sc3c(c2c(=O)[nH]1)CCC3. The van der Waals surface area contributed by atoms with Gasteiger partial charge in [-0.25, -0.2) is 4.98 Å². The number of carbonyl (C=O) groups is 1. The number of thiophene rings is 1. The molecular formula is C16H21N3O3S2. The second kappa shape index (κ2) is 8.13. The van der Waals surface area contributed by atoms with Crippen molar-refractivity contribution >= 4 is 39.2 Å². The third-order valence-corrected chi connectivity index (χ3v) is 6.07. The Morgan fingerprint density at radius 2 is 2.33 bits per heavy atom. The molecule has 2 heterocycles. The molecule has 24 heavy (non-hydrogen) atoms. The van der Waals surface area contributed by atoms with Gasteiger partial charge in [0.15, 0.2) is 0 Å². The van der Waals surface area contributed by atoms with Crippen LogP contribution < -0.4 is 10.9 Å². The fraction of sp³-hybridized carbons (Fsp3) is 0.562. The predicted octanol–water partition coefficient (Wildman–Crippen LogP) is 1.86. The van der Waals surface area contributed by atoms with Gasteiger partial charge in [-0.05, 0) is 31.2 Å². The summed E-state index contributed by atoms with van der Waals surface area (Å²) in [6, 6.07) is 0. The Hall–Kier alpha value is -1.38. The monoisotopic (exact) mass is 367 g/mol. The van der Waals surface area contributed by atoms with Crippen LogP contribution in [0.4, 0.5) is 0 Å². The molecule has 0 saturated heterocycles. The number of H-pyrrole nitrogens is 1. The zero-order chi connectivity index (χ0) is 16.9. The molecule has 1 amide bonds. The van der Waals surface area contributed by atoms with Crippen molar-refractivity contribution in [1.82, 2.24) is 15.3 Å². The molecule has 0 atom stereocenters. The van der Waals surface area contributed by atoms with E-state index in [-0.39, 0.29) is 11.5 Å². The summed E-state index contributed by atoms with van der Waals surface area (Å²) in [5.41, 5.74) is 1.15. The Balaban J connectivity index is 1.55. The Morgan fingerprint density at radius 3 is 3.17 bits per heavy atom. The zero-order valence-corrected chi connectivity index (χ0v) is 15.3. The molecule has 0 spiro atoms. The van der Waals surface area contributed by atoms with E-state index in [1.165, 1.54) is 22.2 Å². The first-order valence-electron chi connectivity index (χ1n) is 8.06. The average molecular weight is 367 g/mol. The Morgan fingerprint density at radius 1 is 1.46 bits per heavy atom. The van der Waals surface area contributed by atoms with Crippen LogP contribution in [0, 0.1) is 0 Å². The zero-order valence-electron chi connectivity index (χ0n) is 13.6. The number of aromatic amines is 1. The number of methoxy groups -OCH3 is 1. The van der Waals surface area contributed by atoms with Crippen molar-refractivity contribution < 1.29 is 9.53 Å². The molecule has 8 heteroatoms. The number of fused-ring (bicyclic) bond motifs is 3. The van der Waals surface area contributed by atoms with E-state index >= 15 is 0 Å². The standard InChI is InChI=1S/C16H21N3O3S2/c1-22-7-3-6-17-13(20)9-23-8-12-18-15(21)14-10-4-2-5-11(10)24-16(14)19-12/h2-9H2,1H3,(H,17,20)(H,18,19,21). The van der Waals surface area contributed by atoms with Crippen LogP contribution in [0.3, 0.4) is 0 Å². The lowest BCUT2D eigenvalue weighted by molar-refractivity contribution is -0.118. The summed E-state index contributed by atoms with van der Waals surface area (Å²) in [4.78, 5) is 33.6. The van der Waals surface area contributed by atoms with Gasteiger partial charge in [0.1, 0.15) is 10.7 Å². The highest BCUT2D eigenvalue weighted by Crippen LogP contribution is 2.34. The fourth-order valence-electron chi connectivity index (χ4n) is 2.85. The highest BCUT2D eigenvalue weighted by atomic mass is 32.2. The van der Waals surface area contributed by atoms with Gasteiger partial charge < -0.3 is 15.0 Å². The molecule has 0 radical (unpaired) electrons. The highest BCUT2D eigenvalue weighted by Gasteiger charge is 2.21. The van der Waals surface area contributed by atoms with Gasteiger partial charge in [0.05, 0.1) is 16.9 Å². The minimum atomic E-state index is -0.0426. The fourth-order valence-corrected chi connectivity index (χ4v) is 4.85. The summed E-state index contributed by atoms with van der Waals surface area (Å²) in [6.07, 6.45) is 3.98. The third-order valence-electron chi connectivity index (χ3n) is 3.94. The van der Waals surface area contributed by atoms with Crippen LogP contribution in [0.25, 0.3) is 10.2 Å². The second-order valence-electron chi connectivity index (χ2n) is 5.74. The summed E-state index contributed by atoms with van der Waals surface area (Å²) in [6.45, 7) is 1.26. The van der Waals surface area contributed by atoms with E-state index in [1.54, 1.807) is 18.4 Å². The number of thioether (sulfide) groups is 1. The van der Waals surface area contributed by atoms with Crippen LogP contribution in [0.1, 0.15) is 29.1 Å². The maximum Gasteiger partial charge on any atom is 0.259 e. The molecule has 0 fully saturated rings. The lowest BCUT2D eigenvalue weighted by Gasteiger charge is -2.05. The van der Waals surface area contributed by atoms with E-state index in [1.807, 2.05) is 0 Å². The predicted molar refractivity (Wildman–Crippen MR) is 97.9 cm³/mol. The molecule has 2 N–H and O–H groups in total. The first-order chi connectivity index (χ1) is 11.7. The number of ether oxygens (including phenoxy) is 1. The Bertz CT molecular complexity index is 785. The van der Waals surface area contributed by atoms with Gasteiger partial charge in [-0.15, -0.1) is 23.1 Å². The lowest BCUT2D eigenvalue weighted by atomic mass is 10.2. The van der Waals surface area contributed by atoms with Crippen LogP contribution in [0.2, 0.25) is 0 Å². The van der Waals surface area contributed by atoms with Gasteiger partial charge in [0.2, 0.25) is 5.91 Å². The molecule has 2 aromatic heterocycles. The van der Waals surface area contributed by atoms with Crippen molar-refractivity contribution in [3.05, 3.63) is 26.6 Å². The first-order valence-corrected chi connectivity index (χ1v) is 10.0. The number of hydrogen-bond donors (Lipinski definition) is 2. The van der Waals surface area contributed by atoms with Crippen LogP contribution in [0.5, 0.6) is 0 Å². The van der Waals surface area contributed by atoms with Gasteiger partial charge in [-0.3, -0.25) is 9.59 Å². The minimum absolute atomic E-state index is 0.00497. The van der Waals surface area contributed by atoms with Gasteiger partial charge in [0.25, 0.3) is 5.56 Å². The Kier molecular flexibility index (Phi) is 5.91. The van der Waals surface area contributed by atoms with Crippen molar-refractivity contribution in [2.75, 3.05) is 26.0 Å². The quantitative estimate of drug-likeness (QED) is 0.696. The van der Waals surface area contributed by atoms with E-state index in [0.717, 1.165) is 35.9 Å². The van der Waals surface area contributed by atoms with Crippen molar-refractivity contribution in [2.24, 2.45) is 0 Å². The van der Waals surface area contributed by atoms with E-state index in [4.69, 9.17) is 4.74 Å². The molecule has 1 aliphatic carbocycles. The molecule has 3 rings (SSSR count). The van der Waals surface area contributed by atoms with Crippen LogP contribution in [-0.2, 0) is 28.1 Å². The Labute approximate surface area is 148 Å². The molecule has 0 bridgehead atoms.